The van der Waals surface area contributed by atoms with E-state index < -0.39 is 15.9 Å². The van der Waals surface area contributed by atoms with Crippen LogP contribution in [0.25, 0.3) is 0 Å². The summed E-state index contributed by atoms with van der Waals surface area (Å²) < 4.78 is 27.7. The molecule has 0 saturated carbocycles. The molecule has 0 bridgehead atoms. The number of anilines is 2. The summed E-state index contributed by atoms with van der Waals surface area (Å²) in [4.78, 5) is 25.2. The summed E-state index contributed by atoms with van der Waals surface area (Å²) >= 11 is 0. The van der Waals surface area contributed by atoms with Gasteiger partial charge in [0.05, 0.1) is 18.6 Å². The predicted octanol–water partition coefficient (Wildman–Crippen LogP) is 0.663. The molecule has 10 heteroatoms. The number of sulfonamides is 1. The maximum Gasteiger partial charge on any atom is 0.243 e. The molecule has 0 radical (unpaired) electrons. The number of hydrogen-bond donors (Lipinski definition) is 3. The van der Waals surface area contributed by atoms with Crippen molar-refractivity contribution >= 4 is 33.2 Å². The fourth-order valence-electron chi connectivity index (χ4n) is 2.44. The Balaban J connectivity index is 2.09. The number of hydrogen-bond acceptors (Lipinski definition) is 6. The number of benzene rings is 2. The van der Waals surface area contributed by atoms with Gasteiger partial charge in [-0.3, -0.25) is 9.59 Å². The average Bonchev–Trinajstić information content (AvgIpc) is 2.65. The van der Waals surface area contributed by atoms with Crippen LogP contribution in [0.5, 0.6) is 5.75 Å². The van der Waals surface area contributed by atoms with Crippen LogP contribution in [-0.2, 0) is 19.6 Å². The summed E-state index contributed by atoms with van der Waals surface area (Å²) in [5.41, 5.74) is 6.37. The lowest BCUT2D eigenvalue weighted by molar-refractivity contribution is -0.118. The van der Waals surface area contributed by atoms with Crippen LogP contribution < -0.4 is 25.8 Å². The first-order valence-corrected chi connectivity index (χ1v) is 9.83. The van der Waals surface area contributed by atoms with Crippen molar-refractivity contribution in [1.29, 1.82) is 0 Å². The molecule has 2 rings (SSSR count). The van der Waals surface area contributed by atoms with Crippen LogP contribution in [0.1, 0.15) is 6.42 Å². The van der Waals surface area contributed by atoms with Gasteiger partial charge in [-0.1, -0.05) is 0 Å². The Hall–Kier alpha value is -3.11. The third-order valence-electron chi connectivity index (χ3n) is 3.87. The highest BCUT2D eigenvalue weighted by Gasteiger charge is 2.14. The van der Waals surface area contributed by atoms with Gasteiger partial charge in [0.25, 0.3) is 0 Å². The maximum atomic E-state index is 12.4. The lowest BCUT2D eigenvalue weighted by Gasteiger charge is -2.24. The largest absolute Gasteiger partial charge is 0.497 e. The molecule has 0 spiro atoms. The van der Waals surface area contributed by atoms with Crippen molar-refractivity contribution in [3.8, 4) is 5.75 Å². The quantitative estimate of drug-likeness (QED) is 0.558. The van der Waals surface area contributed by atoms with Crippen molar-refractivity contribution in [2.45, 2.75) is 11.3 Å². The highest BCUT2D eigenvalue weighted by molar-refractivity contribution is 7.89. The van der Waals surface area contributed by atoms with Crippen LogP contribution in [0.2, 0.25) is 0 Å². The number of amides is 2. The fraction of sp³-hybridized carbons (Fsp3) is 0.222. The number of nitrogens with zero attached hydrogens (tertiary/aromatic N) is 1. The zero-order valence-electron chi connectivity index (χ0n) is 15.3. The zero-order valence-corrected chi connectivity index (χ0v) is 16.1. The van der Waals surface area contributed by atoms with E-state index in [-0.39, 0.29) is 30.3 Å². The molecule has 0 aromatic heterocycles. The molecular formula is C18H22N4O5S. The molecule has 0 aliphatic carbocycles. The molecule has 2 aromatic rings. The summed E-state index contributed by atoms with van der Waals surface area (Å²) in [6.45, 7) is 0.232. The minimum absolute atomic E-state index is 0.0312. The third-order valence-corrected chi connectivity index (χ3v) is 4.80. The summed E-state index contributed by atoms with van der Waals surface area (Å²) in [6.07, 6.45) is 0.0857. The molecule has 28 heavy (non-hydrogen) atoms. The van der Waals surface area contributed by atoms with Gasteiger partial charge in [-0.15, -0.1) is 0 Å². The smallest absolute Gasteiger partial charge is 0.243 e. The van der Waals surface area contributed by atoms with Crippen LogP contribution in [0, 0.1) is 0 Å². The van der Waals surface area contributed by atoms with Crippen molar-refractivity contribution in [2.75, 3.05) is 30.4 Å². The number of nitrogens with two attached hydrogens (primary N) is 2. The Morgan fingerprint density at radius 1 is 1.07 bits per heavy atom. The topological polar surface area (TPSA) is 145 Å². The zero-order chi connectivity index (χ0) is 20.7. The lowest BCUT2D eigenvalue weighted by Crippen LogP contribution is -2.35. The van der Waals surface area contributed by atoms with E-state index >= 15 is 0 Å². The lowest BCUT2D eigenvalue weighted by atomic mass is 10.2. The average molecular weight is 406 g/mol. The van der Waals surface area contributed by atoms with Gasteiger partial charge in [-0.05, 0) is 48.5 Å². The van der Waals surface area contributed by atoms with Crippen molar-refractivity contribution in [3.63, 3.8) is 0 Å². The molecule has 0 saturated heterocycles. The van der Waals surface area contributed by atoms with Gasteiger partial charge >= 0.3 is 0 Å². The summed E-state index contributed by atoms with van der Waals surface area (Å²) in [5, 5.41) is 7.72. The molecule has 0 heterocycles. The SMILES string of the molecule is COc1ccc(N(CCC(N)=O)CC(=O)Nc2ccc(S(N)(=O)=O)cc2)cc1. The van der Waals surface area contributed by atoms with Crippen LogP contribution in [0.15, 0.2) is 53.4 Å². The van der Waals surface area contributed by atoms with E-state index in [4.69, 9.17) is 15.6 Å². The Bertz CT molecular complexity index is 927. The standard InChI is InChI=1S/C18H22N4O5S/c1-27-15-6-4-14(5-7-15)22(11-10-17(19)23)12-18(24)21-13-2-8-16(9-3-13)28(20,25)26/h2-9H,10-12H2,1H3,(H2,19,23)(H,21,24)(H2,20,25,26). The van der Waals surface area contributed by atoms with E-state index in [0.717, 1.165) is 5.69 Å². The maximum absolute atomic E-state index is 12.4. The van der Waals surface area contributed by atoms with Gasteiger partial charge in [0.2, 0.25) is 21.8 Å². The van der Waals surface area contributed by atoms with E-state index in [1.54, 1.807) is 36.3 Å². The molecule has 0 unspecified atom stereocenters. The summed E-state index contributed by atoms with van der Waals surface area (Å²) in [7, 11) is -2.25. The number of primary sulfonamides is 1. The molecule has 0 fully saturated rings. The second-order valence-corrected chi connectivity index (χ2v) is 7.51. The first-order valence-electron chi connectivity index (χ1n) is 8.29. The first kappa shape index (κ1) is 21.2. The van der Waals surface area contributed by atoms with Gasteiger partial charge in [0.15, 0.2) is 0 Å². The number of ether oxygens (including phenoxy) is 1. The normalized spacial score (nSPS) is 10.9. The van der Waals surface area contributed by atoms with E-state index in [1.165, 1.54) is 24.3 Å². The Morgan fingerprint density at radius 2 is 1.68 bits per heavy atom. The van der Waals surface area contributed by atoms with Crippen molar-refractivity contribution in [3.05, 3.63) is 48.5 Å². The van der Waals surface area contributed by atoms with E-state index in [9.17, 15) is 18.0 Å². The van der Waals surface area contributed by atoms with Gasteiger partial charge < -0.3 is 20.7 Å². The molecule has 2 aromatic carbocycles. The Morgan fingerprint density at radius 3 is 2.18 bits per heavy atom. The highest BCUT2D eigenvalue weighted by atomic mass is 32.2. The summed E-state index contributed by atoms with van der Waals surface area (Å²) in [5.74, 6) is -0.154. The molecule has 5 N–H and O–H groups in total. The fourth-order valence-corrected chi connectivity index (χ4v) is 2.95. The monoisotopic (exact) mass is 406 g/mol. The molecule has 2 amide bonds. The molecular weight excluding hydrogens is 384 g/mol. The number of methoxy groups -OCH3 is 1. The van der Waals surface area contributed by atoms with E-state index in [1.807, 2.05) is 0 Å². The minimum Gasteiger partial charge on any atom is -0.497 e. The third kappa shape index (κ3) is 6.25. The second-order valence-electron chi connectivity index (χ2n) is 5.95. The molecule has 0 atom stereocenters. The molecule has 150 valence electrons. The Labute approximate surface area is 163 Å². The van der Waals surface area contributed by atoms with Crippen molar-refractivity contribution in [2.24, 2.45) is 10.9 Å². The summed E-state index contributed by atoms with van der Waals surface area (Å²) in [6, 6.07) is 12.5. The number of carbonyl (C=O) groups is 2. The van der Waals surface area contributed by atoms with Crippen LogP contribution in [0.4, 0.5) is 11.4 Å². The van der Waals surface area contributed by atoms with Gasteiger partial charge in [0.1, 0.15) is 5.75 Å². The van der Waals surface area contributed by atoms with Crippen molar-refractivity contribution < 1.29 is 22.7 Å². The van der Waals surface area contributed by atoms with Crippen LogP contribution in [0.3, 0.4) is 0 Å². The second kappa shape index (κ2) is 9.20. The molecule has 9 nitrogen and oxygen atoms in total. The van der Waals surface area contributed by atoms with Gasteiger partial charge in [0, 0.05) is 24.3 Å². The highest BCUT2D eigenvalue weighted by Crippen LogP contribution is 2.20. The predicted molar refractivity (Wildman–Crippen MR) is 105 cm³/mol. The number of rotatable bonds is 9. The van der Waals surface area contributed by atoms with Crippen LogP contribution >= 0.6 is 0 Å². The Kier molecular flexibility index (Phi) is 6.96. The number of primary amides is 1. The van der Waals surface area contributed by atoms with E-state index in [2.05, 4.69) is 5.32 Å². The van der Waals surface area contributed by atoms with Gasteiger partial charge in [-0.25, -0.2) is 13.6 Å². The van der Waals surface area contributed by atoms with Crippen molar-refractivity contribution in [1.82, 2.24) is 0 Å². The minimum atomic E-state index is -3.80. The number of carbonyl (C=O) groups excluding carboxylic acids is 2. The number of nitrogens with one attached hydrogen (secondary N) is 1. The van der Waals surface area contributed by atoms with E-state index in [0.29, 0.717) is 11.4 Å². The first-order chi connectivity index (χ1) is 13.2. The molecule has 0 aliphatic rings. The van der Waals surface area contributed by atoms with Gasteiger partial charge in [-0.2, -0.15) is 0 Å². The van der Waals surface area contributed by atoms with Crippen LogP contribution in [-0.4, -0.2) is 40.4 Å². The molecule has 0 aliphatic heterocycles.